The highest BCUT2D eigenvalue weighted by Gasteiger charge is 2.25. The molecule has 2 aliphatic rings. The Morgan fingerprint density at radius 1 is 1.18 bits per heavy atom. The van der Waals surface area contributed by atoms with Gasteiger partial charge in [0, 0.05) is 31.9 Å². The van der Waals surface area contributed by atoms with E-state index in [4.69, 9.17) is 0 Å². The third kappa shape index (κ3) is 4.62. The number of aliphatic hydroxyl groups is 1. The smallest absolute Gasteiger partial charge is 0.246 e. The lowest BCUT2D eigenvalue weighted by molar-refractivity contribution is -0.126. The zero-order chi connectivity index (χ0) is 22.6. The zero-order valence-corrected chi connectivity index (χ0v) is 18.7. The normalized spacial score (nSPS) is 17.5. The Hall–Kier alpha value is -3.23. The van der Waals surface area contributed by atoms with Crippen LogP contribution in [0, 0.1) is 0 Å². The third-order valence-electron chi connectivity index (χ3n) is 6.59. The predicted molar refractivity (Wildman–Crippen MR) is 127 cm³/mol. The number of benzene rings is 1. The summed E-state index contributed by atoms with van der Waals surface area (Å²) in [6.07, 6.45) is 10.5. The second-order valence-electron chi connectivity index (χ2n) is 8.74. The molecule has 8 nitrogen and oxygen atoms in total. The summed E-state index contributed by atoms with van der Waals surface area (Å²) >= 11 is 0. The SMILES string of the molecule is O=C(C=CCN1CCCC1)N1CCc2c(cn3ncnc(NC(CO)c4ccccc4)c23)C1. The number of rotatable bonds is 7. The summed E-state index contributed by atoms with van der Waals surface area (Å²) < 4.78 is 1.83. The van der Waals surface area contributed by atoms with Crippen LogP contribution in [0.3, 0.4) is 0 Å². The van der Waals surface area contributed by atoms with Crippen molar-refractivity contribution in [3.63, 3.8) is 0 Å². The van der Waals surface area contributed by atoms with Gasteiger partial charge in [0.1, 0.15) is 11.8 Å². The molecule has 1 unspecified atom stereocenters. The van der Waals surface area contributed by atoms with Gasteiger partial charge in [-0.3, -0.25) is 9.69 Å². The molecule has 1 fully saturated rings. The number of anilines is 1. The van der Waals surface area contributed by atoms with Gasteiger partial charge in [-0.15, -0.1) is 0 Å². The fourth-order valence-electron chi connectivity index (χ4n) is 4.82. The Morgan fingerprint density at radius 2 is 2.00 bits per heavy atom. The Morgan fingerprint density at radius 3 is 2.79 bits per heavy atom. The first-order chi connectivity index (χ1) is 16.2. The lowest BCUT2D eigenvalue weighted by Gasteiger charge is -2.26. The molecule has 2 aliphatic heterocycles. The van der Waals surface area contributed by atoms with E-state index < -0.39 is 0 Å². The van der Waals surface area contributed by atoms with Crippen molar-refractivity contribution in [2.75, 3.05) is 38.1 Å². The molecule has 2 aromatic heterocycles. The predicted octanol–water partition coefficient (Wildman–Crippen LogP) is 2.41. The third-order valence-corrected chi connectivity index (χ3v) is 6.59. The highest BCUT2D eigenvalue weighted by Crippen LogP contribution is 2.30. The maximum atomic E-state index is 12.8. The quantitative estimate of drug-likeness (QED) is 0.542. The highest BCUT2D eigenvalue weighted by atomic mass is 16.3. The molecule has 5 rings (SSSR count). The first kappa shape index (κ1) is 21.6. The van der Waals surface area contributed by atoms with Crippen LogP contribution in [0.1, 0.15) is 35.6 Å². The minimum Gasteiger partial charge on any atom is -0.394 e. The van der Waals surface area contributed by atoms with Crippen LogP contribution in [0.25, 0.3) is 5.52 Å². The minimum absolute atomic E-state index is 0.0465. The maximum absolute atomic E-state index is 12.8. The molecule has 8 heteroatoms. The van der Waals surface area contributed by atoms with E-state index in [1.54, 1.807) is 6.08 Å². The van der Waals surface area contributed by atoms with Crippen molar-refractivity contribution in [1.82, 2.24) is 24.4 Å². The summed E-state index contributed by atoms with van der Waals surface area (Å²) in [5.41, 5.74) is 4.16. The molecule has 3 aromatic rings. The number of aliphatic hydroxyl groups excluding tert-OH is 1. The summed E-state index contributed by atoms with van der Waals surface area (Å²) in [6, 6.07) is 9.58. The van der Waals surface area contributed by atoms with E-state index in [0.29, 0.717) is 18.9 Å². The maximum Gasteiger partial charge on any atom is 0.246 e. The summed E-state index contributed by atoms with van der Waals surface area (Å²) in [7, 11) is 0. The number of likely N-dealkylation sites (tertiary alicyclic amines) is 1. The van der Waals surface area contributed by atoms with Gasteiger partial charge in [0.25, 0.3) is 0 Å². The van der Waals surface area contributed by atoms with Gasteiger partial charge >= 0.3 is 0 Å². The van der Waals surface area contributed by atoms with Gasteiger partial charge in [-0.25, -0.2) is 9.50 Å². The van der Waals surface area contributed by atoms with Gasteiger partial charge in [0.05, 0.1) is 12.6 Å². The molecule has 33 heavy (non-hydrogen) atoms. The fraction of sp³-hybridized carbons (Fsp3) is 0.400. The van der Waals surface area contributed by atoms with Crippen molar-refractivity contribution in [3.8, 4) is 0 Å². The number of fused-ring (bicyclic) bond motifs is 3. The number of nitrogens with one attached hydrogen (secondary N) is 1. The van der Waals surface area contributed by atoms with E-state index in [-0.39, 0.29) is 18.6 Å². The van der Waals surface area contributed by atoms with Crippen molar-refractivity contribution in [1.29, 1.82) is 0 Å². The van der Waals surface area contributed by atoms with Crippen LogP contribution in [0.2, 0.25) is 0 Å². The molecule has 1 atom stereocenters. The number of carbonyl (C=O) groups is 1. The van der Waals surface area contributed by atoms with E-state index in [0.717, 1.165) is 48.3 Å². The molecule has 0 saturated carbocycles. The average molecular weight is 447 g/mol. The standard InChI is InChI=1S/C25H30N6O2/c32-17-22(19-7-2-1-3-8-19)28-25-24-21-10-14-30(15-20(21)16-31(24)27-18-26-25)23(33)9-6-13-29-11-4-5-12-29/h1-3,6-9,16,18,22,32H,4-5,10-15,17H2,(H,26,27,28). The summed E-state index contributed by atoms with van der Waals surface area (Å²) in [5.74, 6) is 0.753. The van der Waals surface area contributed by atoms with E-state index in [1.165, 1.54) is 19.2 Å². The summed E-state index contributed by atoms with van der Waals surface area (Å²) in [4.78, 5) is 21.5. The highest BCUT2D eigenvalue weighted by molar-refractivity contribution is 5.88. The summed E-state index contributed by atoms with van der Waals surface area (Å²) in [6.45, 7) is 4.28. The van der Waals surface area contributed by atoms with Crippen LogP contribution < -0.4 is 5.32 Å². The van der Waals surface area contributed by atoms with Gasteiger partial charge < -0.3 is 15.3 Å². The number of aromatic nitrogens is 3. The number of nitrogens with zero attached hydrogens (tertiary/aromatic N) is 5. The topological polar surface area (TPSA) is 86.0 Å². The first-order valence-electron chi connectivity index (χ1n) is 11.7. The van der Waals surface area contributed by atoms with Crippen molar-refractivity contribution < 1.29 is 9.90 Å². The van der Waals surface area contributed by atoms with Gasteiger partial charge in [-0.1, -0.05) is 36.4 Å². The molecule has 4 heterocycles. The minimum atomic E-state index is -0.266. The summed E-state index contributed by atoms with van der Waals surface area (Å²) in [5, 5.41) is 17.8. The van der Waals surface area contributed by atoms with Crippen molar-refractivity contribution in [2.24, 2.45) is 0 Å². The van der Waals surface area contributed by atoms with Crippen LogP contribution in [-0.2, 0) is 17.8 Å². The van der Waals surface area contributed by atoms with Crippen molar-refractivity contribution in [3.05, 3.63) is 71.7 Å². The molecule has 1 saturated heterocycles. The average Bonchev–Trinajstić information content (AvgIpc) is 3.50. The molecular formula is C25H30N6O2. The number of hydrogen-bond donors (Lipinski definition) is 2. The van der Waals surface area contributed by atoms with Gasteiger partial charge in [0.15, 0.2) is 5.82 Å². The number of carbonyl (C=O) groups excluding carboxylic acids is 1. The Labute approximate surface area is 193 Å². The second kappa shape index (κ2) is 9.72. The largest absolute Gasteiger partial charge is 0.394 e. The molecule has 0 bridgehead atoms. The van der Waals surface area contributed by atoms with Crippen molar-refractivity contribution >= 4 is 17.2 Å². The van der Waals surface area contributed by atoms with Crippen LogP contribution in [0.15, 0.2) is 55.0 Å². The van der Waals surface area contributed by atoms with Crippen LogP contribution in [-0.4, -0.2) is 68.2 Å². The number of hydrogen-bond acceptors (Lipinski definition) is 6. The van der Waals surface area contributed by atoms with Crippen LogP contribution in [0.5, 0.6) is 0 Å². The Balaban J connectivity index is 1.33. The zero-order valence-electron chi connectivity index (χ0n) is 18.7. The molecule has 0 radical (unpaired) electrons. The van der Waals surface area contributed by atoms with Crippen LogP contribution >= 0.6 is 0 Å². The number of amides is 1. The molecule has 172 valence electrons. The van der Waals surface area contributed by atoms with E-state index in [9.17, 15) is 9.90 Å². The van der Waals surface area contributed by atoms with Crippen molar-refractivity contribution in [2.45, 2.75) is 31.8 Å². The first-order valence-corrected chi connectivity index (χ1v) is 11.7. The molecule has 2 N–H and O–H groups in total. The van der Waals surface area contributed by atoms with Gasteiger partial charge in [0.2, 0.25) is 5.91 Å². The molecule has 0 aliphatic carbocycles. The molecule has 0 spiro atoms. The van der Waals surface area contributed by atoms with Crippen LogP contribution in [0.4, 0.5) is 5.82 Å². The lowest BCUT2D eigenvalue weighted by atomic mass is 10.0. The lowest BCUT2D eigenvalue weighted by Crippen LogP contribution is -2.34. The van der Waals surface area contributed by atoms with E-state index >= 15 is 0 Å². The van der Waals surface area contributed by atoms with E-state index in [1.807, 2.05) is 52.0 Å². The molecule has 1 amide bonds. The molecular weight excluding hydrogens is 416 g/mol. The Kier molecular flexibility index (Phi) is 6.37. The Bertz CT molecular complexity index is 1140. The fourth-order valence-corrected chi connectivity index (χ4v) is 4.82. The molecule has 1 aromatic carbocycles. The van der Waals surface area contributed by atoms with Gasteiger partial charge in [-0.2, -0.15) is 5.10 Å². The van der Waals surface area contributed by atoms with Gasteiger partial charge in [-0.05, 0) is 49.0 Å². The van der Waals surface area contributed by atoms with E-state index in [2.05, 4.69) is 20.3 Å². The second-order valence-corrected chi connectivity index (χ2v) is 8.74. The monoisotopic (exact) mass is 446 g/mol.